The Hall–Kier alpha value is -0.800. The van der Waals surface area contributed by atoms with Crippen LogP contribution in [-0.2, 0) is 0 Å². The summed E-state index contributed by atoms with van der Waals surface area (Å²) < 4.78 is 4.90. The molecular weight excluding hydrogens is 199 g/mol. The molecule has 0 spiro atoms. The van der Waals surface area contributed by atoms with Crippen molar-refractivity contribution in [2.45, 2.75) is 6.92 Å². The van der Waals surface area contributed by atoms with E-state index in [1.165, 1.54) is 0 Å². The Labute approximate surface area is 78.3 Å². The van der Waals surface area contributed by atoms with E-state index in [0.29, 0.717) is 16.1 Å². The normalized spacial score (nSPS) is 10.9. The third-order valence-corrected chi connectivity index (χ3v) is 2.03. The second kappa shape index (κ2) is 2.61. The van der Waals surface area contributed by atoms with Crippen LogP contribution in [-0.4, -0.2) is 10.1 Å². The zero-order valence-corrected chi connectivity index (χ0v) is 7.65. The third kappa shape index (κ3) is 1.06. The van der Waals surface area contributed by atoms with Crippen molar-refractivity contribution in [1.29, 1.82) is 0 Å². The minimum Gasteiger partial charge on any atom is -0.355 e. The lowest BCUT2D eigenvalue weighted by Crippen LogP contribution is -1.81. The van der Waals surface area contributed by atoms with E-state index in [-0.39, 0.29) is 5.15 Å². The van der Waals surface area contributed by atoms with Crippen molar-refractivity contribution in [3.8, 4) is 0 Å². The number of aromatic nitrogens is 2. The molecule has 62 valence electrons. The highest BCUT2D eigenvalue weighted by Gasteiger charge is 2.11. The smallest absolute Gasteiger partial charge is 0.183 e. The van der Waals surface area contributed by atoms with Gasteiger partial charge in [0.15, 0.2) is 10.7 Å². The second-order valence-electron chi connectivity index (χ2n) is 2.40. The first-order valence-electron chi connectivity index (χ1n) is 3.26. The average molecular weight is 203 g/mol. The first-order chi connectivity index (χ1) is 5.68. The number of halogens is 2. The molecule has 0 fully saturated rings. The van der Waals surface area contributed by atoms with Crippen molar-refractivity contribution in [1.82, 2.24) is 10.1 Å². The van der Waals surface area contributed by atoms with Gasteiger partial charge in [-0.05, 0) is 6.92 Å². The fourth-order valence-corrected chi connectivity index (χ4v) is 1.58. The Balaban J connectivity index is 2.93. The van der Waals surface area contributed by atoms with Gasteiger partial charge < -0.3 is 4.52 Å². The highest BCUT2D eigenvalue weighted by Crippen LogP contribution is 2.28. The van der Waals surface area contributed by atoms with E-state index in [4.69, 9.17) is 27.7 Å². The van der Waals surface area contributed by atoms with Crippen molar-refractivity contribution in [2.75, 3.05) is 0 Å². The van der Waals surface area contributed by atoms with Crippen LogP contribution in [0, 0.1) is 6.92 Å². The van der Waals surface area contributed by atoms with Gasteiger partial charge in [-0.3, -0.25) is 0 Å². The molecule has 0 saturated carbocycles. The molecule has 0 amide bonds. The molecule has 2 rings (SSSR count). The zero-order chi connectivity index (χ0) is 8.72. The summed E-state index contributed by atoms with van der Waals surface area (Å²) in [5.74, 6) is 0. The average Bonchev–Trinajstić information content (AvgIpc) is 2.31. The summed E-state index contributed by atoms with van der Waals surface area (Å²) in [6, 6.07) is 1.74. The maximum atomic E-state index is 5.81. The predicted molar refractivity (Wildman–Crippen MR) is 46.6 cm³/mol. The van der Waals surface area contributed by atoms with Gasteiger partial charge in [0, 0.05) is 11.8 Å². The quantitative estimate of drug-likeness (QED) is 0.618. The van der Waals surface area contributed by atoms with E-state index in [1.54, 1.807) is 6.07 Å². The molecule has 0 N–H and O–H groups in total. The minimum atomic E-state index is 0.252. The first-order valence-corrected chi connectivity index (χ1v) is 4.02. The van der Waals surface area contributed by atoms with Gasteiger partial charge in [0.2, 0.25) is 0 Å². The van der Waals surface area contributed by atoms with E-state index in [9.17, 15) is 0 Å². The summed E-state index contributed by atoms with van der Waals surface area (Å²) in [6.07, 6.45) is 0. The van der Waals surface area contributed by atoms with Gasteiger partial charge in [-0.1, -0.05) is 28.4 Å². The molecule has 0 aliphatic rings. The summed E-state index contributed by atoms with van der Waals surface area (Å²) in [5.41, 5.74) is 1.35. The molecular formula is C7H4Cl2N2O. The van der Waals surface area contributed by atoms with Crippen molar-refractivity contribution < 1.29 is 4.52 Å². The number of hydrogen-bond acceptors (Lipinski definition) is 3. The van der Waals surface area contributed by atoms with Gasteiger partial charge in [-0.15, -0.1) is 0 Å². The maximum Gasteiger partial charge on any atom is 0.183 e. The van der Waals surface area contributed by atoms with Crippen molar-refractivity contribution in [2.24, 2.45) is 0 Å². The van der Waals surface area contributed by atoms with Crippen molar-refractivity contribution in [3.63, 3.8) is 0 Å². The van der Waals surface area contributed by atoms with Crippen LogP contribution < -0.4 is 0 Å². The summed E-state index contributed by atoms with van der Waals surface area (Å²) in [7, 11) is 0. The number of nitrogens with zero attached hydrogens (tertiary/aromatic N) is 2. The van der Waals surface area contributed by atoms with Crippen LogP contribution in [0.4, 0.5) is 0 Å². The number of aryl methyl sites for hydroxylation is 1. The summed E-state index contributed by atoms with van der Waals surface area (Å²) in [5, 5.41) is 4.72. The molecule has 0 atom stereocenters. The fourth-order valence-electron chi connectivity index (χ4n) is 1.00. The lowest BCUT2D eigenvalue weighted by atomic mass is 10.3. The van der Waals surface area contributed by atoms with E-state index in [0.717, 1.165) is 5.69 Å². The Morgan fingerprint density at radius 1 is 1.33 bits per heavy atom. The predicted octanol–water partition coefficient (Wildman–Crippen LogP) is 2.84. The van der Waals surface area contributed by atoms with Crippen LogP contribution >= 0.6 is 23.2 Å². The monoisotopic (exact) mass is 202 g/mol. The highest BCUT2D eigenvalue weighted by atomic mass is 35.5. The molecule has 12 heavy (non-hydrogen) atoms. The Morgan fingerprint density at radius 3 is 2.83 bits per heavy atom. The Kier molecular flexibility index (Phi) is 1.70. The summed E-state index contributed by atoms with van der Waals surface area (Å²) in [6.45, 7) is 1.82. The van der Waals surface area contributed by atoms with Crippen LogP contribution in [0.25, 0.3) is 11.0 Å². The Bertz CT molecular complexity index is 438. The molecule has 3 nitrogen and oxygen atoms in total. The highest BCUT2D eigenvalue weighted by molar-refractivity contribution is 6.40. The molecule has 0 unspecified atom stereocenters. The van der Waals surface area contributed by atoms with Crippen molar-refractivity contribution >= 4 is 34.2 Å². The van der Waals surface area contributed by atoms with Crippen LogP contribution in [0.3, 0.4) is 0 Å². The van der Waals surface area contributed by atoms with E-state index in [1.807, 2.05) is 6.92 Å². The lowest BCUT2D eigenvalue weighted by Gasteiger charge is -1.93. The van der Waals surface area contributed by atoms with Gasteiger partial charge in [0.05, 0.1) is 5.39 Å². The standard InChI is InChI=1S/C7H4Cl2N2O/c1-3-2-4-5(6(8)10-3)7(9)11-12-4/h2H,1H3. The van der Waals surface area contributed by atoms with Gasteiger partial charge in [0.25, 0.3) is 0 Å². The van der Waals surface area contributed by atoms with Crippen molar-refractivity contribution in [3.05, 3.63) is 22.1 Å². The minimum absolute atomic E-state index is 0.252. The Morgan fingerprint density at radius 2 is 2.08 bits per heavy atom. The van der Waals surface area contributed by atoms with E-state index >= 15 is 0 Å². The summed E-state index contributed by atoms with van der Waals surface area (Å²) in [4.78, 5) is 4.02. The molecule has 0 aromatic carbocycles. The number of hydrogen-bond donors (Lipinski definition) is 0. The molecule has 0 saturated heterocycles. The van der Waals surface area contributed by atoms with Crippen LogP contribution in [0.15, 0.2) is 10.6 Å². The molecule has 0 aliphatic carbocycles. The molecule has 0 aliphatic heterocycles. The lowest BCUT2D eigenvalue weighted by molar-refractivity contribution is 0.456. The van der Waals surface area contributed by atoms with E-state index in [2.05, 4.69) is 10.1 Å². The summed E-state index contributed by atoms with van der Waals surface area (Å²) >= 11 is 11.5. The van der Waals surface area contributed by atoms with Crippen LogP contribution in [0.1, 0.15) is 5.69 Å². The van der Waals surface area contributed by atoms with Gasteiger partial charge in [-0.25, -0.2) is 4.98 Å². The molecule has 0 bridgehead atoms. The van der Waals surface area contributed by atoms with Gasteiger partial charge in [-0.2, -0.15) is 0 Å². The largest absolute Gasteiger partial charge is 0.355 e. The molecule has 2 heterocycles. The SMILES string of the molecule is Cc1cc2onc(Cl)c2c(Cl)n1. The van der Waals surface area contributed by atoms with Gasteiger partial charge >= 0.3 is 0 Å². The number of rotatable bonds is 0. The fraction of sp³-hybridized carbons (Fsp3) is 0.143. The van der Waals surface area contributed by atoms with Crippen LogP contribution in [0.2, 0.25) is 10.3 Å². The molecule has 0 radical (unpaired) electrons. The van der Waals surface area contributed by atoms with E-state index < -0.39 is 0 Å². The molecule has 2 aromatic heterocycles. The third-order valence-electron chi connectivity index (χ3n) is 1.50. The second-order valence-corrected chi connectivity index (χ2v) is 3.12. The maximum absolute atomic E-state index is 5.81. The zero-order valence-electron chi connectivity index (χ0n) is 6.14. The molecule has 5 heteroatoms. The number of fused-ring (bicyclic) bond motifs is 1. The van der Waals surface area contributed by atoms with Crippen LogP contribution in [0.5, 0.6) is 0 Å². The first kappa shape index (κ1) is 7.83. The number of pyridine rings is 1. The topological polar surface area (TPSA) is 38.9 Å². The van der Waals surface area contributed by atoms with Gasteiger partial charge in [0.1, 0.15) is 5.15 Å². The molecule has 2 aromatic rings.